The van der Waals surface area contributed by atoms with E-state index in [-0.39, 0.29) is 0 Å². The Bertz CT molecular complexity index is 3170. The Morgan fingerprint density at radius 3 is 1.43 bits per heavy atom. The van der Waals surface area contributed by atoms with E-state index in [1.165, 1.54) is 43.0 Å². The summed E-state index contributed by atoms with van der Waals surface area (Å²) in [4.78, 5) is 2.43. The van der Waals surface area contributed by atoms with Gasteiger partial charge in [-0.1, -0.05) is 206 Å². The van der Waals surface area contributed by atoms with E-state index in [1.54, 1.807) is 0 Å². The molecule has 11 rings (SSSR count). The monoisotopic (exact) mass is 795 g/mol. The molecular weight excluding hydrogens is 755 g/mol. The van der Waals surface area contributed by atoms with Gasteiger partial charge >= 0.3 is 0 Å². The van der Waals surface area contributed by atoms with Gasteiger partial charge in [-0.25, -0.2) is 0 Å². The molecule has 0 fully saturated rings. The van der Waals surface area contributed by atoms with Crippen LogP contribution >= 0.6 is 0 Å². The molecule has 0 aliphatic rings. The lowest BCUT2D eigenvalue weighted by Gasteiger charge is -2.35. The Morgan fingerprint density at radius 2 is 0.820 bits per heavy atom. The van der Waals surface area contributed by atoms with Crippen molar-refractivity contribution in [2.24, 2.45) is 0 Å². The molecule has 3 heteroatoms. The molecule has 0 unspecified atom stereocenters. The lowest BCUT2D eigenvalue weighted by Crippen LogP contribution is -2.74. The molecule has 0 aliphatic heterocycles. The molecule has 1 aromatic heterocycles. The van der Waals surface area contributed by atoms with Crippen LogP contribution in [0.5, 0.6) is 0 Å². The predicted octanol–water partition coefficient (Wildman–Crippen LogP) is 12.9. The molecule has 288 valence electrons. The van der Waals surface area contributed by atoms with Crippen molar-refractivity contribution in [3.63, 3.8) is 0 Å². The van der Waals surface area contributed by atoms with Gasteiger partial charge in [0.05, 0.1) is 11.1 Å². The second-order valence-electron chi connectivity index (χ2n) is 15.6. The van der Waals surface area contributed by atoms with Crippen LogP contribution in [0.25, 0.3) is 55.0 Å². The fourth-order valence-electron chi connectivity index (χ4n) is 9.38. The summed E-state index contributed by atoms with van der Waals surface area (Å²) < 4.78 is 6.78. The van der Waals surface area contributed by atoms with Crippen LogP contribution in [0.15, 0.2) is 253 Å². The van der Waals surface area contributed by atoms with Crippen LogP contribution in [-0.2, 0) is 0 Å². The van der Waals surface area contributed by atoms with Gasteiger partial charge in [0.1, 0.15) is 11.2 Å². The first kappa shape index (κ1) is 36.4. The van der Waals surface area contributed by atoms with Crippen molar-refractivity contribution in [2.45, 2.75) is 0 Å². The summed E-state index contributed by atoms with van der Waals surface area (Å²) in [5.41, 5.74) is 9.76. The van der Waals surface area contributed by atoms with Gasteiger partial charge in [0, 0.05) is 22.1 Å². The van der Waals surface area contributed by atoms with Gasteiger partial charge in [0.15, 0.2) is 8.07 Å². The number of hydrogen-bond donors (Lipinski definition) is 0. The highest BCUT2D eigenvalue weighted by Gasteiger charge is 2.41. The maximum atomic E-state index is 6.78. The van der Waals surface area contributed by atoms with E-state index >= 15 is 0 Å². The number of nitrogens with zero attached hydrogens (tertiary/aromatic N) is 1. The zero-order chi connectivity index (χ0) is 40.6. The molecule has 0 saturated carbocycles. The van der Waals surface area contributed by atoms with Crippen molar-refractivity contribution < 1.29 is 4.42 Å². The summed E-state index contributed by atoms with van der Waals surface area (Å²) >= 11 is 0. The number of furan rings is 1. The van der Waals surface area contributed by atoms with Gasteiger partial charge in [-0.15, -0.1) is 0 Å². The van der Waals surface area contributed by atoms with E-state index in [1.807, 2.05) is 0 Å². The van der Waals surface area contributed by atoms with E-state index in [0.717, 1.165) is 49.8 Å². The summed E-state index contributed by atoms with van der Waals surface area (Å²) in [6.07, 6.45) is 0. The number of anilines is 3. The van der Waals surface area contributed by atoms with E-state index in [2.05, 4.69) is 254 Å². The maximum absolute atomic E-state index is 6.78. The Labute approximate surface area is 357 Å². The smallest absolute Gasteiger partial charge is 0.179 e. The van der Waals surface area contributed by atoms with Crippen LogP contribution in [0.4, 0.5) is 17.1 Å². The molecule has 11 aromatic rings. The molecule has 0 amide bonds. The average Bonchev–Trinajstić information content (AvgIpc) is 3.74. The standard InChI is InChI=1S/C58H41NOSi/c1-5-17-42(18-6-1)43-31-33-44(34-32-43)45-35-38-47(39-36-45)59(55-29-16-30-56-57(55)54-40-37-46-19-13-14-28-53(46)58(54)60-56)48-20-15-27-52(41-48)61(49-21-7-2-8-22-49,50-23-9-3-10-24-50)51-25-11-4-12-26-51/h1-41H. The molecule has 0 radical (unpaired) electrons. The van der Waals surface area contributed by atoms with Crippen LogP contribution in [0.2, 0.25) is 0 Å². The summed E-state index contributed by atoms with van der Waals surface area (Å²) in [7, 11) is -2.82. The first-order valence-electron chi connectivity index (χ1n) is 20.9. The molecular formula is C58H41NOSi. The highest BCUT2D eigenvalue weighted by Crippen LogP contribution is 2.44. The molecule has 0 aliphatic carbocycles. The highest BCUT2D eigenvalue weighted by atomic mass is 28.3. The van der Waals surface area contributed by atoms with Crippen molar-refractivity contribution in [3.8, 4) is 22.3 Å². The van der Waals surface area contributed by atoms with Gasteiger partial charge in [0.25, 0.3) is 0 Å². The van der Waals surface area contributed by atoms with Gasteiger partial charge < -0.3 is 9.32 Å². The molecule has 0 N–H and O–H groups in total. The minimum Gasteiger partial charge on any atom is -0.455 e. The van der Waals surface area contributed by atoms with Crippen LogP contribution in [0.1, 0.15) is 0 Å². The van der Waals surface area contributed by atoms with Crippen LogP contribution < -0.4 is 25.6 Å². The average molecular weight is 796 g/mol. The third-order valence-electron chi connectivity index (χ3n) is 12.2. The van der Waals surface area contributed by atoms with Gasteiger partial charge in [-0.3, -0.25) is 0 Å². The normalized spacial score (nSPS) is 11.6. The fraction of sp³-hybridized carbons (Fsp3) is 0. The third-order valence-corrected chi connectivity index (χ3v) is 17.0. The topological polar surface area (TPSA) is 16.4 Å². The lowest BCUT2D eigenvalue weighted by atomic mass is 10.00. The van der Waals surface area contributed by atoms with Crippen LogP contribution in [0, 0.1) is 0 Å². The van der Waals surface area contributed by atoms with E-state index in [4.69, 9.17) is 4.42 Å². The van der Waals surface area contributed by atoms with Crippen molar-refractivity contribution in [1.82, 2.24) is 0 Å². The quantitative estimate of drug-likeness (QED) is 0.107. The molecule has 0 atom stereocenters. The first-order chi connectivity index (χ1) is 30.3. The maximum Gasteiger partial charge on any atom is 0.179 e. The summed E-state index contributed by atoms with van der Waals surface area (Å²) in [5, 5.41) is 9.80. The van der Waals surface area contributed by atoms with Crippen molar-refractivity contribution in [3.05, 3.63) is 249 Å². The predicted molar refractivity (Wildman–Crippen MR) is 260 cm³/mol. The Hall–Kier alpha value is -7.72. The summed E-state index contributed by atoms with van der Waals surface area (Å²) in [5.74, 6) is 0. The van der Waals surface area contributed by atoms with Gasteiger partial charge in [-0.05, 0) is 90.9 Å². The Balaban J connectivity index is 1.13. The van der Waals surface area contributed by atoms with E-state index < -0.39 is 8.07 Å². The van der Waals surface area contributed by atoms with Crippen molar-refractivity contribution in [1.29, 1.82) is 0 Å². The molecule has 0 spiro atoms. The largest absolute Gasteiger partial charge is 0.455 e. The van der Waals surface area contributed by atoms with Gasteiger partial charge in [0.2, 0.25) is 0 Å². The third kappa shape index (κ3) is 6.35. The number of rotatable bonds is 9. The summed E-state index contributed by atoms with van der Waals surface area (Å²) in [6.45, 7) is 0. The highest BCUT2D eigenvalue weighted by molar-refractivity contribution is 7.19. The SMILES string of the molecule is c1ccc(-c2ccc(-c3ccc(N(c4cccc([Si](c5ccccc5)(c5ccccc5)c5ccccc5)c4)c4cccc5oc6c7ccccc7ccc6c45)cc3)cc2)cc1. The number of fused-ring (bicyclic) bond motifs is 5. The Morgan fingerprint density at radius 1 is 0.328 bits per heavy atom. The van der Waals surface area contributed by atoms with Crippen LogP contribution in [-0.4, -0.2) is 8.07 Å². The van der Waals surface area contributed by atoms with Crippen molar-refractivity contribution >= 4 is 78.6 Å². The minimum atomic E-state index is -2.82. The zero-order valence-electron chi connectivity index (χ0n) is 33.5. The Kier molecular flexibility index (Phi) is 9.22. The molecule has 1 heterocycles. The number of hydrogen-bond acceptors (Lipinski definition) is 2. The molecule has 0 bridgehead atoms. The van der Waals surface area contributed by atoms with Gasteiger partial charge in [-0.2, -0.15) is 0 Å². The molecule has 10 aromatic carbocycles. The molecule has 2 nitrogen and oxygen atoms in total. The zero-order valence-corrected chi connectivity index (χ0v) is 34.5. The van der Waals surface area contributed by atoms with Crippen LogP contribution in [0.3, 0.4) is 0 Å². The van der Waals surface area contributed by atoms with E-state index in [0.29, 0.717) is 0 Å². The van der Waals surface area contributed by atoms with Crippen molar-refractivity contribution in [2.75, 3.05) is 4.90 Å². The minimum absolute atomic E-state index is 0.863. The summed E-state index contributed by atoms with van der Waals surface area (Å²) in [6, 6.07) is 90.6. The molecule has 0 saturated heterocycles. The second kappa shape index (κ2) is 15.5. The van der Waals surface area contributed by atoms with E-state index in [9.17, 15) is 0 Å². The first-order valence-corrected chi connectivity index (χ1v) is 22.9. The second-order valence-corrected chi connectivity index (χ2v) is 19.4. The fourth-order valence-corrected chi connectivity index (χ4v) is 14.2. The molecule has 61 heavy (non-hydrogen) atoms. The lowest BCUT2D eigenvalue weighted by molar-refractivity contribution is 0.672. The number of benzene rings is 10.